The van der Waals surface area contributed by atoms with Crippen LogP contribution < -0.4 is 45.9 Å². The first-order valence-corrected chi connectivity index (χ1v) is 38.2. The van der Waals surface area contributed by atoms with Crippen LogP contribution in [0, 0.1) is 47.8 Å². The number of amidine groups is 5. The lowest BCUT2D eigenvalue weighted by atomic mass is 9.93. The maximum absolute atomic E-state index is 13.2. The zero-order valence-corrected chi connectivity index (χ0v) is 68.5. The minimum Gasteiger partial charge on any atom is -0.508 e. The lowest BCUT2D eigenvalue weighted by molar-refractivity contribution is 0.474. The number of thiocarbonyl (C=S) groups is 5. The molecule has 12 aromatic rings. The maximum atomic E-state index is 13.2. The van der Waals surface area contributed by atoms with Crippen molar-refractivity contribution in [2.24, 2.45) is 60.7 Å². The summed E-state index contributed by atoms with van der Waals surface area (Å²) in [7, 11) is 1.89. The van der Waals surface area contributed by atoms with E-state index in [0.29, 0.717) is 116 Å². The molecule has 17 rings (SSSR count). The van der Waals surface area contributed by atoms with Gasteiger partial charge in [0.1, 0.15) is 83.1 Å². The smallest absolute Gasteiger partial charge is 0.202 e. The van der Waals surface area contributed by atoms with Crippen molar-refractivity contribution in [2.75, 3.05) is 17.2 Å². The fraction of sp³-hybridized carbons (Fsp3) is 0.157. The second-order valence-corrected chi connectivity index (χ2v) is 29.5. The number of rotatable bonds is 3. The third kappa shape index (κ3) is 20.6. The van der Waals surface area contributed by atoms with Crippen LogP contribution in [-0.4, -0.2) is 87.9 Å². The van der Waals surface area contributed by atoms with Gasteiger partial charge in [0.2, 0.25) is 14.3 Å². The van der Waals surface area contributed by atoms with Gasteiger partial charge in [-0.1, -0.05) is 194 Å². The highest BCUT2D eigenvalue weighted by atomic mass is 32.1. The van der Waals surface area contributed by atoms with Crippen LogP contribution in [0.25, 0.3) is 32.7 Å². The number of nitrogen functional groups attached to an aromatic ring is 3. The van der Waals surface area contributed by atoms with Gasteiger partial charge in [0.05, 0.1) is 23.1 Å². The minimum absolute atomic E-state index is 0.233. The Kier molecular flexibility index (Phi) is 27.8. The predicted molar refractivity (Wildman–Crippen MR) is 485 cm³/mol. The van der Waals surface area contributed by atoms with E-state index in [0.717, 1.165) is 86.3 Å². The molecular weight excluding hydrogens is 1550 g/mol. The number of para-hydroxylation sites is 3. The van der Waals surface area contributed by atoms with Crippen LogP contribution >= 0.6 is 97.7 Å². The highest BCUT2D eigenvalue weighted by molar-refractivity contribution is 7.81. The number of phenolic OH excluding ortho intramolecular Hbond substituents is 1. The van der Waals surface area contributed by atoms with Gasteiger partial charge >= 0.3 is 0 Å². The van der Waals surface area contributed by atoms with E-state index in [1.165, 1.54) is 50.6 Å². The topological polar surface area (TPSA) is 344 Å². The van der Waals surface area contributed by atoms with Crippen LogP contribution in [0.5, 0.6) is 5.75 Å². The molecule has 9 aromatic carbocycles. The van der Waals surface area contributed by atoms with E-state index in [-0.39, 0.29) is 11.6 Å². The standard InChI is InChI=1S/C15H13N3S.C11H12N2S.C10H11N3S.2C10H10N2S.C9H7FN2S.C9H9N3S.C9H8N2OS/c16-14-12-8-4-5-9-13(12)18(15(19)17-14)10-11-6-2-1-3-7-11;1-6-3-4-8-5-9(14)13-11(12)10(8)7(6)2;1-2-13-8-6-4-3-5-7(8)9(11)12-10(13)14;1-6-2-3-8-7(4-6)5-9(13)12-10(8)11;1-6-2-3-7-5-9(13)12-10(11)8(7)4-6;10-7-3-1-2-5-6(7)4-8(13)12-9(5)11;1-12-7-5-3-2-4-6(7)8(10)11-9(12)13;10-9-7-2-1-6(12)3-5(7)4-8(13)11-9/h1-9H,10H2,(H2,16,17,19);3-4H,5H2,1-2H3,(H2,12,13,14);3-6H,2H2,1H3,(H2,11,12,14);2*2-4H,5H2,1H3,(H2,11,12,13);1-3H,4H2,(H2,11,12,13);2-5H,1H3,(H2,10,11,13);1-3,12H,4H2,(H2,10,11,13). The molecule has 29 heteroatoms. The molecule has 0 saturated heterocycles. The van der Waals surface area contributed by atoms with E-state index in [9.17, 15) is 9.50 Å². The summed E-state index contributed by atoms with van der Waals surface area (Å²) in [6.07, 6.45) is 3.18. The maximum Gasteiger partial charge on any atom is 0.202 e. The summed E-state index contributed by atoms with van der Waals surface area (Å²) in [5.41, 5.74) is 65.0. The summed E-state index contributed by atoms with van der Waals surface area (Å²) in [5, 5.41) is 12.1. The highest BCUT2D eigenvalue weighted by Gasteiger charge is 2.21. The van der Waals surface area contributed by atoms with Crippen LogP contribution in [0.2, 0.25) is 0 Å². The molecule has 5 aliphatic heterocycles. The van der Waals surface area contributed by atoms with Crippen molar-refractivity contribution in [3.63, 3.8) is 0 Å². The molecule has 20 nitrogen and oxygen atoms in total. The van der Waals surface area contributed by atoms with Crippen molar-refractivity contribution >= 4 is 202 Å². The van der Waals surface area contributed by atoms with Crippen molar-refractivity contribution in [3.8, 4) is 5.75 Å². The number of halogens is 1. The zero-order valence-electron chi connectivity index (χ0n) is 62.0. The number of nitrogens with zero attached hydrogens (tertiary/aromatic N) is 11. The molecule has 0 radical (unpaired) electrons. The predicted octanol–water partition coefficient (Wildman–Crippen LogP) is 15.1. The Balaban J connectivity index is 0.000000136. The fourth-order valence-corrected chi connectivity index (χ4v) is 14.6. The van der Waals surface area contributed by atoms with E-state index in [1.807, 2.05) is 138 Å². The Morgan fingerprint density at radius 1 is 0.393 bits per heavy atom. The summed E-state index contributed by atoms with van der Waals surface area (Å²) in [4.78, 5) is 35.7. The second-order valence-electron chi connectivity index (χ2n) is 26.1. The van der Waals surface area contributed by atoms with E-state index < -0.39 is 0 Å². The van der Waals surface area contributed by atoms with Crippen molar-refractivity contribution in [3.05, 3.63) is 292 Å². The Morgan fingerprint density at radius 2 is 0.821 bits per heavy atom. The molecule has 0 fully saturated rings. The number of aromatic hydroxyl groups is 1. The first-order valence-electron chi connectivity index (χ1n) is 35.0. The van der Waals surface area contributed by atoms with Gasteiger partial charge in [0.25, 0.3) is 0 Å². The Labute approximate surface area is 689 Å². The molecule has 0 amide bonds. The first-order chi connectivity index (χ1) is 53.5. The van der Waals surface area contributed by atoms with Gasteiger partial charge in [-0.3, -0.25) is 0 Å². The van der Waals surface area contributed by atoms with Crippen LogP contribution in [0.3, 0.4) is 0 Å². The highest BCUT2D eigenvalue weighted by Crippen LogP contribution is 2.27. The molecule has 3 aromatic heterocycles. The second kappa shape index (κ2) is 37.5. The van der Waals surface area contributed by atoms with Gasteiger partial charge < -0.3 is 64.7 Å². The fourth-order valence-electron chi connectivity index (χ4n) is 12.6. The van der Waals surface area contributed by atoms with E-state index in [4.69, 9.17) is 144 Å². The van der Waals surface area contributed by atoms with Gasteiger partial charge in [-0.25, -0.2) is 44.3 Å². The van der Waals surface area contributed by atoms with E-state index >= 15 is 0 Å². The van der Waals surface area contributed by atoms with Crippen molar-refractivity contribution < 1.29 is 9.50 Å². The molecule has 0 aliphatic carbocycles. The summed E-state index contributed by atoms with van der Waals surface area (Å²) in [5.74, 6) is 3.88. The number of fused-ring (bicyclic) bond motifs is 8. The lowest BCUT2D eigenvalue weighted by Crippen LogP contribution is -2.24. The van der Waals surface area contributed by atoms with E-state index in [1.54, 1.807) is 30.3 Å². The number of anilines is 3. The summed E-state index contributed by atoms with van der Waals surface area (Å²) >= 11 is 40.5. The number of hydrogen-bond donors (Lipinski definition) is 9. The first kappa shape index (κ1) is 83.1. The van der Waals surface area contributed by atoms with Gasteiger partial charge in [0, 0.05) is 95.2 Å². The quantitative estimate of drug-likeness (QED) is 0.0742. The molecule has 112 heavy (non-hydrogen) atoms. The van der Waals surface area contributed by atoms with Gasteiger partial charge in [-0.2, -0.15) is 0 Å². The molecule has 5 aliphatic rings. The third-order valence-corrected chi connectivity index (χ3v) is 20.4. The molecule has 17 N–H and O–H groups in total. The summed E-state index contributed by atoms with van der Waals surface area (Å²) < 4.78 is 20.6. The molecule has 0 atom stereocenters. The van der Waals surface area contributed by atoms with Crippen LogP contribution in [-0.2, 0) is 52.2 Å². The largest absolute Gasteiger partial charge is 0.508 e. The number of aromatic nitrogens is 6. The van der Waals surface area contributed by atoms with Crippen LogP contribution in [0.4, 0.5) is 21.8 Å². The normalized spacial score (nSPS) is 13.3. The van der Waals surface area contributed by atoms with E-state index in [2.05, 4.69) is 109 Å². The number of hydrogen-bond acceptors (Lipinski definition) is 20. The van der Waals surface area contributed by atoms with Crippen LogP contribution in [0.15, 0.2) is 213 Å². The number of aryl methyl sites for hydroxylation is 5. The zero-order chi connectivity index (χ0) is 80.8. The number of aliphatic imine (C=N–C) groups is 5. The summed E-state index contributed by atoms with van der Waals surface area (Å²) in [6.45, 7) is 11.8. The van der Waals surface area contributed by atoms with Gasteiger partial charge in [-0.05, 0) is 177 Å². The SMILES string of the molecule is CCn1c(=S)nc(N)c2ccccc21.Cc1ccc2c(c1)C(N)=NC(=S)C2.Cc1ccc2c(c1)CC(=S)N=C2N.Cc1ccc2c(c1C)C(N)=NC(=S)C2.Cn1c(=S)nc(N)c2ccccc21.NC1=NC(=S)Cc2c(F)cccc21.NC1=NC(=S)Cc2cc(O)ccc21.Nc1nc(=S)n(Cc2ccccc2)c2ccccc12. The molecule has 0 saturated carbocycles. The van der Waals surface area contributed by atoms with Gasteiger partial charge in [-0.15, -0.1) is 0 Å². The molecular formula is C83H80FN19OS8. The average Bonchev–Trinajstić information content (AvgIpc) is 0.793. The summed E-state index contributed by atoms with van der Waals surface area (Å²) in [6, 6.07) is 60.1. The monoisotopic (exact) mass is 1630 g/mol. The Bertz CT molecular complexity index is 6020. The number of nitrogens with two attached hydrogens (primary N) is 8. The van der Waals surface area contributed by atoms with Crippen molar-refractivity contribution in [1.29, 1.82) is 0 Å². The molecule has 0 bridgehead atoms. The van der Waals surface area contributed by atoms with Gasteiger partial charge in [0.15, 0.2) is 0 Å². The third-order valence-electron chi connectivity index (χ3n) is 18.2. The molecule has 0 spiro atoms. The van der Waals surface area contributed by atoms with Crippen molar-refractivity contribution in [1.82, 2.24) is 28.7 Å². The Morgan fingerprint density at radius 3 is 1.40 bits per heavy atom. The number of benzene rings is 9. The van der Waals surface area contributed by atoms with Crippen molar-refractivity contribution in [2.45, 2.75) is 79.8 Å². The Hall–Kier alpha value is -11.4. The minimum atomic E-state index is -0.266. The average molecular weight is 1640 g/mol. The lowest BCUT2D eigenvalue weighted by Gasteiger charge is -2.18. The molecule has 8 heterocycles. The van der Waals surface area contributed by atoms with Crippen LogP contribution in [0.1, 0.15) is 90.4 Å². The number of phenols is 1. The molecule has 568 valence electrons. The molecule has 0 unspecified atom stereocenters.